The van der Waals surface area contributed by atoms with E-state index in [4.69, 9.17) is 16.3 Å². The molecule has 23 heavy (non-hydrogen) atoms. The number of nitrogens with one attached hydrogen (secondary N) is 1. The summed E-state index contributed by atoms with van der Waals surface area (Å²) < 4.78 is 32.1. The summed E-state index contributed by atoms with van der Waals surface area (Å²) in [5.74, 6) is -0.116. The van der Waals surface area contributed by atoms with Crippen LogP contribution in [0.3, 0.4) is 0 Å². The number of halogens is 1. The first-order chi connectivity index (χ1) is 11.0. The Balaban J connectivity index is 1.81. The van der Waals surface area contributed by atoms with Crippen molar-refractivity contribution in [3.05, 3.63) is 64.9 Å². The van der Waals surface area contributed by atoms with Crippen LogP contribution in [0.4, 0.5) is 0 Å². The number of nitrogens with zero attached hydrogens (tertiary/aromatic N) is 1. The fraction of sp³-hybridized carbons (Fsp3) is 0.312. The van der Waals surface area contributed by atoms with Gasteiger partial charge in [-0.2, -0.15) is 0 Å². The smallest absolute Gasteiger partial charge is 0.214 e. The van der Waals surface area contributed by atoms with Crippen molar-refractivity contribution in [3.8, 4) is 0 Å². The fourth-order valence-corrected chi connectivity index (χ4v) is 3.42. The first-order valence-electron chi connectivity index (χ1n) is 7.20. The Morgan fingerprint density at radius 3 is 2.65 bits per heavy atom. The molecule has 0 fully saturated rings. The summed E-state index contributed by atoms with van der Waals surface area (Å²) in [5.41, 5.74) is 1.51. The molecule has 0 spiro atoms. The molecule has 1 atom stereocenters. The monoisotopic (exact) mass is 354 g/mol. The zero-order valence-corrected chi connectivity index (χ0v) is 14.3. The third-order valence-corrected chi connectivity index (χ3v) is 4.90. The summed E-state index contributed by atoms with van der Waals surface area (Å²) in [6.45, 7) is 2.21. The molecule has 0 aliphatic carbocycles. The van der Waals surface area contributed by atoms with E-state index in [2.05, 4.69) is 9.71 Å². The van der Waals surface area contributed by atoms with E-state index in [-0.39, 0.29) is 12.4 Å². The zero-order chi connectivity index (χ0) is 16.7. The van der Waals surface area contributed by atoms with Crippen LogP contribution in [-0.4, -0.2) is 25.8 Å². The summed E-state index contributed by atoms with van der Waals surface area (Å²) in [6.07, 6.45) is 1.58. The maximum Gasteiger partial charge on any atom is 0.214 e. The molecule has 1 unspecified atom stereocenters. The van der Waals surface area contributed by atoms with Gasteiger partial charge in [-0.25, -0.2) is 13.1 Å². The molecule has 0 radical (unpaired) electrons. The molecule has 124 valence electrons. The molecule has 2 rings (SSSR count). The molecular weight excluding hydrogens is 336 g/mol. The number of ether oxygens (including phenoxy) is 1. The third-order valence-electron chi connectivity index (χ3n) is 3.16. The minimum atomic E-state index is -3.47. The van der Waals surface area contributed by atoms with Crippen molar-refractivity contribution >= 4 is 21.6 Å². The molecule has 7 heteroatoms. The molecule has 1 heterocycles. The van der Waals surface area contributed by atoms with Gasteiger partial charge in [0.05, 0.1) is 35.7 Å². The SMILES string of the molecule is CC(NS(=O)(=O)CCOCc1ccccc1)c1ncccc1Cl. The standard InChI is InChI=1S/C16H19ClN2O3S/c1-13(16-15(17)8-5-9-18-16)19-23(20,21)11-10-22-12-14-6-3-2-4-7-14/h2-9,13,19H,10-12H2,1H3. The Bertz CT molecular complexity index is 723. The van der Waals surface area contributed by atoms with Crippen molar-refractivity contribution in [2.24, 2.45) is 0 Å². The van der Waals surface area contributed by atoms with Crippen molar-refractivity contribution in [2.75, 3.05) is 12.4 Å². The molecule has 1 aromatic heterocycles. The molecule has 1 aromatic carbocycles. The fourth-order valence-electron chi connectivity index (χ4n) is 2.03. The average molecular weight is 355 g/mol. The summed E-state index contributed by atoms with van der Waals surface area (Å²) in [6, 6.07) is 12.5. The van der Waals surface area contributed by atoms with Crippen LogP contribution in [0.5, 0.6) is 0 Å². The van der Waals surface area contributed by atoms with E-state index < -0.39 is 16.1 Å². The number of aromatic nitrogens is 1. The van der Waals surface area contributed by atoms with Gasteiger partial charge < -0.3 is 4.74 Å². The van der Waals surface area contributed by atoms with Gasteiger partial charge in [-0.15, -0.1) is 0 Å². The third kappa shape index (κ3) is 5.91. The lowest BCUT2D eigenvalue weighted by Gasteiger charge is -2.15. The molecule has 0 saturated carbocycles. The summed E-state index contributed by atoms with van der Waals surface area (Å²) in [5, 5.41) is 0.433. The molecule has 5 nitrogen and oxygen atoms in total. The highest BCUT2D eigenvalue weighted by molar-refractivity contribution is 7.89. The van der Waals surface area contributed by atoms with Gasteiger partial charge in [-0.1, -0.05) is 41.9 Å². The second-order valence-electron chi connectivity index (χ2n) is 5.07. The van der Waals surface area contributed by atoms with E-state index in [1.54, 1.807) is 25.3 Å². The zero-order valence-electron chi connectivity index (χ0n) is 12.8. The maximum absolute atomic E-state index is 12.1. The Kier molecular flexibility index (Phi) is 6.53. The molecular formula is C16H19ClN2O3S. The molecule has 1 N–H and O–H groups in total. The van der Waals surface area contributed by atoms with Gasteiger partial charge in [-0.3, -0.25) is 4.98 Å². The summed E-state index contributed by atoms with van der Waals surface area (Å²) >= 11 is 6.02. The Morgan fingerprint density at radius 1 is 1.22 bits per heavy atom. The van der Waals surface area contributed by atoms with Crippen LogP contribution in [0.15, 0.2) is 48.7 Å². The number of benzene rings is 1. The van der Waals surface area contributed by atoms with Crippen LogP contribution in [0.2, 0.25) is 5.02 Å². The maximum atomic E-state index is 12.1. The molecule has 0 bridgehead atoms. The Morgan fingerprint density at radius 2 is 1.96 bits per heavy atom. The summed E-state index contributed by atoms with van der Waals surface area (Å²) in [4.78, 5) is 4.11. The predicted octanol–water partition coefficient (Wildman–Crippen LogP) is 2.93. The topological polar surface area (TPSA) is 68.3 Å². The highest BCUT2D eigenvalue weighted by atomic mass is 35.5. The van der Waals surface area contributed by atoms with Gasteiger partial charge in [0, 0.05) is 6.20 Å². The van der Waals surface area contributed by atoms with E-state index in [0.29, 0.717) is 17.3 Å². The van der Waals surface area contributed by atoms with Crippen LogP contribution in [0, 0.1) is 0 Å². The first-order valence-corrected chi connectivity index (χ1v) is 9.23. The van der Waals surface area contributed by atoms with Crippen LogP contribution >= 0.6 is 11.6 Å². The van der Waals surface area contributed by atoms with Crippen LogP contribution in [-0.2, 0) is 21.4 Å². The first kappa shape index (κ1) is 17.9. The van der Waals surface area contributed by atoms with Gasteiger partial charge in [0.1, 0.15) is 0 Å². The van der Waals surface area contributed by atoms with Crippen LogP contribution in [0.25, 0.3) is 0 Å². The second kappa shape index (κ2) is 8.40. The van der Waals surface area contributed by atoms with E-state index in [0.717, 1.165) is 5.56 Å². The number of sulfonamides is 1. The van der Waals surface area contributed by atoms with Gasteiger partial charge in [-0.05, 0) is 24.6 Å². The van der Waals surface area contributed by atoms with E-state index in [9.17, 15) is 8.42 Å². The van der Waals surface area contributed by atoms with Gasteiger partial charge in [0.25, 0.3) is 0 Å². The minimum absolute atomic E-state index is 0.116. The van der Waals surface area contributed by atoms with Crippen molar-refractivity contribution in [2.45, 2.75) is 19.6 Å². The van der Waals surface area contributed by atoms with Gasteiger partial charge in [0.2, 0.25) is 10.0 Å². The average Bonchev–Trinajstić information content (AvgIpc) is 2.52. The number of pyridine rings is 1. The van der Waals surface area contributed by atoms with Crippen molar-refractivity contribution < 1.29 is 13.2 Å². The van der Waals surface area contributed by atoms with Crippen LogP contribution in [0.1, 0.15) is 24.2 Å². The van der Waals surface area contributed by atoms with Crippen molar-refractivity contribution in [1.82, 2.24) is 9.71 Å². The lowest BCUT2D eigenvalue weighted by molar-refractivity contribution is 0.135. The lowest BCUT2D eigenvalue weighted by atomic mass is 10.2. The van der Waals surface area contributed by atoms with E-state index in [1.165, 1.54) is 0 Å². The molecule has 0 aliphatic heterocycles. The summed E-state index contributed by atoms with van der Waals surface area (Å²) in [7, 11) is -3.47. The highest BCUT2D eigenvalue weighted by Gasteiger charge is 2.18. The quantitative estimate of drug-likeness (QED) is 0.740. The van der Waals surface area contributed by atoms with E-state index in [1.807, 2.05) is 30.3 Å². The van der Waals surface area contributed by atoms with Crippen molar-refractivity contribution in [1.29, 1.82) is 0 Å². The number of hydrogen-bond donors (Lipinski definition) is 1. The predicted molar refractivity (Wildman–Crippen MR) is 90.7 cm³/mol. The van der Waals surface area contributed by atoms with Gasteiger partial charge in [0.15, 0.2) is 0 Å². The highest BCUT2D eigenvalue weighted by Crippen LogP contribution is 2.20. The van der Waals surface area contributed by atoms with Gasteiger partial charge >= 0.3 is 0 Å². The van der Waals surface area contributed by atoms with Crippen molar-refractivity contribution in [3.63, 3.8) is 0 Å². The molecule has 0 amide bonds. The number of rotatable bonds is 8. The lowest BCUT2D eigenvalue weighted by Crippen LogP contribution is -2.31. The minimum Gasteiger partial charge on any atom is -0.376 e. The van der Waals surface area contributed by atoms with E-state index >= 15 is 0 Å². The molecule has 0 aliphatic rings. The Labute approximate surface area is 141 Å². The largest absolute Gasteiger partial charge is 0.376 e. The van der Waals surface area contributed by atoms with Crippen LogP contribution < -0.4 is 4.72 Å². The normalized spacial score (nSPS) is 13.0. The molecule has 2 aromatic rings. The number of hydrogen-bond acceptors (Lipinski definition) is 4. The molecule has 0 saturated heterocycles. The second-order valence-corrected chi connectivity index (χ2v) is 7.35. The Hall–Kier alpha value is -1.47.